The van der Waals surface area contributed by atoms with Gasteiger partial charge in [-0.05, 0) is 35.9 Å². The Morgan fingerprint density at radius 1 is 0.656 bits per heavy atom. The first-order chi connectivity index (χ1) is 15.7. The molecule has 2 aromatic rings. The highest BCUT2D eigenvalue weighted by atomic mass is 16.6. The van der Waals surface area contributed by atoms with E-state index < -0.39 is 0 Å². The zero-order valence-electron chi connectivity index (χ0n) is 17.7. The fourth-order valence-corrected chi connectivity index (χ4v) is 3.33. The lowest BCUT2D eigenvalue weighted by Gasteiger charge is -2.14. The minimum absolute atomic E-state index is 0.336. The van der Waals surface area contributed by atoms with E-state index in [4.69, 9.17) is 23.7 Å². The van der Waals surface area contributed by atoms with E-state index in [0.29, 0.717) is 75.5 Å². The molecule has 0 fully saturated rings. The van der Waals surface area contributed by atoms with Gasteiger partial charge in [0.25, 0.3) is 11.8 Å². The number of benzene rings is 2. The highest BCUT2D eigenvalue weighted by Gasteiger charge is 2.33. The van der Waals surface area contributed by atoms with Crippen LogP contribution >= 0.6 is 0 Å². The summed E-state index contributed by atoms with van der Waals surface area (Å²) in [5, 5.41) is 0. The fraction of sp³-hybridized carbons (Fsp3) is 0.333. The third-order valence-electron chi connectivity index (χ3n) is 4.92. The molecule has 8 nitrogen and oxygen atoms in total. The number of hydrogen-bond acceptors (Lipinski definition) is 7. The van der Waals surface area contributed by atoms with Crippen LogP contribution in [0.5, 0.6) is 11.5 Å². The fourth-order valence-electron chi connectivity index (χ4n) is 3.33. The normalized spacial score (nSPS) is 18.3. The molecular formula is C24H25NO7. The van der Waals surface area contributed by atoms with Crippen molar-refractivity contribution in [1.29, 1.82) is 0 Å². The van der Waals surface area contributed by atoms with Gasteiger partial charge in [-0.3, -0.25) is 9.59 Å². The van der Waals surface area contributed by atoms with Crippen molar-refractivity contribution in [2.24, 2.45) is 0 Å². The molecule has 4 rings (SSSR count). The second kappa shape index (κ2) is 10.9. The SMILES string of the molecule is O=C1c2ccccc2C(=O)N1/C=C/c1ccc2c(c1)OCCOCCOCCOCCO2. The van der Waals surface area contributed by atoms with Crippen LogP contribution in [0.15, 0.2) is 48.7 Å². The highest BCUT2D eigenvalue weighted by molar-refractivity contribution is 6.22. The lowest BCUT2D eigenvalue weighted by atomic mass is 10.1. The van der Waals surface area contributed by atoms with Gasteiger partial charge in [-0.25, -0.2) is 4.90 Å². The Hall–Kier alpha value is -3.20. The number of amides is 2. The van der Waals surface area contributed by atoms with Gasteiger partial charge in [-0.15, -0.1) is 0 Å². The molecule has 2 heterocycles. The Kier molecular flexibility index (Phi) is 7.50. The van der Waals surface area contributed by atoms with Crippen molar-refractivity contribution in [3.8, 4) is 11.5 Å². The maximum atomic E-state index is 12.5. The molecule has 2 aromatic carbocycles. The monoisotopic (exact) mass is 439 g/mol. The van der Waals surface area contributed by atoms with Gasteiger partial charge in [0, 0.05) is 6.20 Å². The summed E-state index contributed by atoms with van der Waals surface area (Å²) in [6.45, 7) is 3.55. The van der Waals surface area contributed by atoms with Crippen LogP contribution in [0.1, 0.15) is 26.3 Å². The maximum Gasteiger partial charge on any atom is 0.265 e. The summed E-state index contributed by atoms with van der Waals surface area (Å²) in [7, 11) is 0. The lowest BCUT2D eigenvalue weighted by molar-refractivity contribution is 0.00708. The molecule has 168 valence electrons. The number of imide groups is 1. The largest absolute Gasteiger partial charge is 0.487 e. The van der Waals surface area contributed by atoms with Crippen molar-refractivity contribution in [2.45, 2.75) is 0 Å². The van der Waals surface area contributed by atoms with E-state index in [9.17, 15) is 9.59 Å². The first kappa shape index (κ1) is 22.0. The number of ether oxygens (including phenoxy) is 5. The van der Waals surface area contributed by atoms with Crippen LogP contribution in [0.3, 0.4) is 0 Å². The molecule has 0 atom stereocenters. The molecule has 2 aliphatic rings. The summed E-state index contributed by atoms with van der Waals surface area (Å²) in [5.74, 6) is 0.454. The van der Waals surface area contributed by atoms with Crippen LogP contribution in [-0.2, 0) is 14.2 Å². The topological polar surface area (TPSA) is 83.5 Å². The highest BCUT2D eigenvalue weighted by Crippen LogP contribution is 2.30. The van der Waals surface area contributed by atoms with E-state index >= 15 is 0 Å². The standard InChI is InChI=1S/C24H25NO7/c26-23-19-3-1-2-4-20(19)24(27)25(23)8-7-18-5-6-21-22(17-18)32-16-14-30-12-10-28-9-11-29-13-15-31-21/h1-8,17H,9-16H2/b8-7+. The molecule has 2 amide bonds. The number of nitrogens with zero attached hydrogens (tertiary/aromatic N) is 1. The summed E-state index contributed by atoms with van der Waals surface area (Å²) in [4.78, 5) is 26.2. The molecule has 0 N–H and O–H groups in total. The van der Waals surface area contributed by atoms with E-state index in [2.05, 4.69) is 0 Å². The molecular weight excluding hydrogens is 414 g/mol. The van der Waals surface area contributed by atoms with E-state index in [0.717, 1.165) is 10.5 Å². The van der Waals surface area contributed by atoms with Gasteiger partial charge < -0.3 is 23.7 Å². The average molecular weight is 439 g/mol. The Labute approximate surface area is 186 Å². The van der Waals surface area contributed by atoms with Crippen LogP contribution in [0.4, 0.5) is 0 Å². The van der Waals surface area contributed by atoms with Crippen LogP contribution < -0.4 is 9.47 Å². The first-order valence-corrected chi connectivity index (χ1v) is 10.5. The van der Waals surface area contributed by atoms with Gasteiger partial charge in [-0.1, -0.05) is 18.2 Å². The quantitative estimate of drug-likeness (QED) is 0.666. The summed E-state index contributed by atoms with van der Waals surface area (Å²) in [6.07, 6.45) is 3.18. The van der Waals surface area contributed by atoms with Crippen molar-refractivity contribution < 1.29 is 33.3 Å². The molecule has 0 radical (unpaired) electrons. The molecule has 0 aliphatic carbocycles. The number of carbonyl (C=O) groups is 2. The molecule has 0 saturated carbocycles. The second-order valence-electron chi connectivity index (χ2n) is 7.08. The number of carbonyl (C=O) groups excluding carboxylic acids is 2. The van der Waals surface area contributed by atoms with Gasteiger partial charge in [0.05, 0.1) is 50.8 Å². The van der Waals surface area contributed by atoms with Crippen LogP contribution in [0.2, 0.25) is 0 Å². The number of hydrogen-bond donors (Lipinski definition) is 0. The van der Waals surface area contributed by atoms with Gasteiger partial charge in [0.1, 0.15) is 13.2 Å². The van der Waals surface area contributed by atoms with Gasteiger partial charge in [0.15, 0.2) is 11.5 Å². The van der Waals surface area contributed by atoms with Gasteiger partial charge in [-0.2, -0.15) is 0 Å². The molecule has 0 saturated heterocycles. The Morgan fingerprint density at radius 2 is 1.19 bits per heavy atom. The van der Waals surface area contributed by atoms with Crippen molar-refractivity contribution in [3.63, 3.8) is 0 Å². The molecule has 0 aromatic heterocycles. The minimum atomic E-state index is -0.336. The molecule has 8 heteroatoms. The second-order valence-corrected chi connectivity index (χ2v) is 7.08. The number of fused-ring (bicyclic) bond motifs is 2. The Morgan fingerprint density at radius 3 is 1.78 bits per heavy atom. The third-order valence-corrected chi connectivity index (χ3v) is 4.92. The van der Waals surface area contributed by atoms with Gasteiger partial charge >= 0.3 is 0 Å². The summed E-state index contributed by atoms with van der Waals surface area (Å²) in [5.41, 5.74) is 1.57. The summed E-state index contributed by atoms with van der Waals surface area (Å²) < 4.78 is 28.0. The summed E-state index contributed by atoms with van der Waals surface area (Å²) in [6, 6.07) is 12.2. The molecule has 2 aliphatic heterocycles. The zero-order valence-corrected chi connectivity index (χ0v) is 17.7. The van der Waals surface area contributed by atoms with Crippen LogP contribution in [0.25, 0.3) is 6.08 Å². The van der Waals surface area contributed by atoms with Crippen molar-refractivity contribution in [1.82, 2.24) is 4.90 Å². The number of rotatable bonds is 2. The molecule has 0 unspecified atom stereocenters. The first-order valence-electron chi connectivity index (χ1n) is 10.5. The lowest BCUT2D eigenvalue weighted by Crippen LogP contribution is -2.23. The molecule has 0 bridgehead atoms. The van der Waals surface area contributed by atoms with Gasteiger partial charge in [0.2, 0.25) is 0 Å². The van der Waals surface area contributed by atoms with E-state index in [-0.39, 0.29) is 11.8 Å². The predicted molar refractivity (Wildman–Crippen MR) is 116 cm³/mol. The predicted octanol–water partition coefficient (Wildman–Crippen LogP) is 2.77. The summed E-state index contributed by atoms with van der Waals surface area (Å²) >= 11 is 0. The van der Waals surface area contributed by atoms with E-state index in [1.165, 1.54) is 6.20 Å². The smallest absolute Gasteiger partial charge is 0.265 e. The minimum Gasteiger partial charge on any atom is -0.487 e. The van der Waals surface area contributed by atoms with Crippen molar-refractivity contribution >= 4 is 17.9 Å². The maximum absolute atomic E-state index is 12.5. The third kappa shape index (κ3) is 5.34. The van der Waals surface area contributed by atoms with E-state index in [1.54, 1.807) is 42.5 Å². The Bertz CT molecular complexity index is 953. The van der Waals surface area contributed by atoms with Crippen molar-refractivity contribution in [2.75, 3.05) is 52.9 Å². The Balaban J connectivity index is 1.46. The van der Waals surface area contributed by atoms with E-state index in [1.807, 2.05) is 6.07 Å². The molecule has 0 spiro atoms. The van der Waals surface area contributed by atoms with Crippen molar-refractivity contribution in [3.05, 3.63) is 65.4 Å². The molecule has 32 heavy (non-hydrogen) atoms. The van der Waals surface area contributed by atoms with Crippen LogP contribution in [0, 0.1) is 0 Å². The average Bonchev–Trinajstić information content (AvgIpc) is 3.05. The van der Waals surface area contributed by atoms with Crippen LogP contribution in [-0.4, -0.2) is 69.6 Å². The zero-order chi connectivity index (χ0) is 22.2.